The lowest BCUT2D eigenvalue weighted by Gasteiger charge is -2.18. The lowest BCUT2D eigenvalue weighted by atomic mass is 10.1. The monoisotopic (exact) mass is 561 g/mol. The van der Waals surface area contributed by atoms with E-state index in [1.54, 1.807) is 0 Å². The highest BCUT2D eigenvalue weighted by atomic mass is 35.5. The number of carbonyl (C=O) groups excluding carboxylic acids is 1. The van der Waals surface area contributed by atoms with Gasteiger partial charge in [-0.2, -0.15) is 18.4 Å². The molecule has 0 spiro atoms. The Labute approximate surface area is 215 Å². The largest absolute Gasteiger partial charge is 0.478 e. The maximum absolute atomic E-state index is 13.3. The fourth-order valence-corrected chi connectivity index (χ4v) is 3.97. The minimum Gasteiger partial charge on any atom is -0.478 e. The number of rotatable bonds is 5. The number of amides is 1. The summed E-state index contributed by atoms with van der Waals surface area (Å²) in [6, 6.07) is 10.4. The van der Waals surface area contributed by atoms with Gasteiger partial charge in [0.05, 0.1) is 59.8 Å². The van der Waals surface area contributed by atoms with Crippen LogP contribution in [0.15, 0.2) is 42.5 Å². The van der Waals surface area contributed by atoms with Crippen molar-refractivity contribution < 1.29 is 27.9 Å². The third kappa shape index (κ3) is 5.57. The number of nitrogens with zero attached hydrogens (tertiary/aromatic N) is 1. The number of carbonyl (C=O) groups is 2. The zero-order valence-corrected chi connectivity index (χ0v) is 19.9. The number of aromatic carboxylic acids is 1. The smallest absolute Gasteiger partial charge is 0.416 e. The molecule has 0 unspecified atom stereocenters. The van der Waals surface area contributed by atoms with Gasteiger partial charge < -0.3 is 15.7 Å². The quantitative estimate of drug-likeness (QED) is 0.217. The zero-order valence-electron chi connectivity index (χ0n) is 16.9. The average Bonchev–Trinajstić information content (AvgIpc) is 2.80. The van der Waals surface area contributed by atoms with Crippen molar-refractivity contribution in [3.63, 3.8) is 0 Å². The molecule has 13 heteroatoms. The van der Waals surface area contributed by atoms with Gasteiger partial charge in [-0.25, -0.2) is 4.79 Å². The second-order valence-corrected chi connectivity index (χ2v) is 8.35. The molecule has 0 heterocycles. The Kier molecular flexibility index (Phi) is 7.72. The van der Waals surface area contributed by atoms with Crippen LogP contribution in [0.5, 0.6) is 0 Å². The number of anilines is 3. The van der Waals surface area contributed by atoms with E-state index in [0.717, 1.165) is 12.1 Å². The molecular formula is C22H10Cl4F3N3O3. The Morgan fingerprint density at radius 3 is 1.94 bits per heavy atom. The molecule has 180 valence electrons. The maximum atomic E-state index is 13.3. The Morgan fingerprint density at radius 1 is 0.857 bits per heavy atom. The molecule has 0 fully saturated rings. The summed E-state index contributed by atoms with van der Waals surface area (Å²) >= 11 is 23.8. The predicted molar refractivity (Wildman–Crippen MR) is 127 cm³/mol. The Hall–Kier alpha value is -3.16. The normalized spacial score (nSPS) is 11.0. The molecule has 0 aliphatic heterocycles. The summed E-state index contributed by atoms with van der Waals surface area (Å²) in [5.41, 5.74) is -2.16. The zero-order chi connectivity index (χ0) is 26.1. The molecule has 0 aliphatic carbocycles. The molecule has 6 nitrogen and oxygen atoms in total. The lowest BCUT2D eigenvalue weighted by Crippen LogP contribution is -2.19. The number of hydrogen-bond acceptors (Lipinski definition) is 4. The van der Waals surface area contributed by atoms with Crippen LogP contribution in [0.2, 0.25) is 20.1 Å². The third-order valence-electron chi connectivity index (χ3n) is 4.60. The average molecular weight is 563 g/mol. The van der Waals surface area contributed by atoms with Crippen LogP contribution in [0, 0.1) is 11.3 Å². The number of carboxylic acids is 1. The highest BCUT2D eigenvalue weighted by Gasteiger charge is 2.32. The lowest BCUT2D eigenvalue weighted by molar-refractivity contribution is -0.137. The van der Waals surface area contributed by atoms with Crippen molar-refractivity contribution in [3.05, 3.63) is 84.8 Å². The predicted octanol–water partition coefficient (Wildman–Crippen LogP) is 7.88. The van der Waals surface area contributed by atoms with E-state index in [2.05, 4.69) is 10.6 Å². The van der Waals surface area contributed by atoms with Crippen molar-refractivity contribution in [2.24, 2.45) is 0 Å². The van der Waals surface area contributed by atoms with Gasteiger partial charge >= 0.3 is 12.1 Å². The summed E-state index contributed by atoms with van der Waals surface area (Å²) in [7, 11) is 0. The Bertz CT molecular complexity index is 1390. The fraction of sp³-hybridized carbons (Fsp3) is 0.0455. The molecular weight excluding hydrogens is 553 g/mol. The maximum Gasteiger partial charge on any atom is 0.416 e. The molecule has 3 N–H and O–H groups in total. The third-order valence-corrected chi connectivity index (χ3v) is 6.40. The first-order valence-electron chi connectivity index (χ1n) is 9.24. The highest BCUT2D eigenvalue weighted by molar-refractivity contribution is 6.54. The number of nitrogens with one attached hydrogen (secondary N) is 2. The van der Waals surface area contributed by atoms with E-state index in [-0.39, 0.29) is 11.4 Å². The van der Waals surface area contributed by atoms with Crippen LogP contribution in [0.25, 0.3) is 0 Å². The summed E-state index contributed by atoms with van der Waals surface area (Å²) < 4.78 is 40.0. The highest BCUT2D eigenvalue weighted by Crippen LogP contribution is 2.42. The molecule has 0 aromatic heterocycles. The van der Waals surface area contributed by atoms with Crippen LogP contribution in [-0.4, -0.2) is 17.0 Å². The van der Waals surface area contributed by atoms with E-state index in [1.807, 2.05) is 6.07 Å². The molecule has 0 bridgehead atoms. The molecule has 0 saturated heterocycles. The molecule has 0 radical (unpaired) electrons. The fourth-order valence-electron chi connectivity index (χ4n) is 2.95. The van der Waals surface area contributed by atoms with Crippen LogP contribution >= 0.6 is 46.4 Å². The number of halogens is 7. The topological polar surface area (TPSA) is 102 Å². The van der Waals surface area contributed by atoms with E-state index in [1.165, 1.54) is 24.3 Å². The van der Waals surface area contributed by atoms with Gasteiger partial charge in [0, 0.05) is 5.69 Å². The molecule has 0 saturated carbocycles. The van der Waals surface area contributed by atoms with Gasteiger partial charge in [0.15, 0.2) is 0 Å². The summed E-state index contributed by atoms with van der Waals surface area (Å²) in [5, 5.41) is 21.6. The van der Waals surface area contributed by atoms with Crippen molar-refractivity contribution in [1.82, 2.24) is 0 Å². The molecule has 3 aromatic rings. The van der Waals surface area contributed by atoms with Crippen molar-refractivity contribution in [2.75, 3.05) is 10.6 Å². The number of benzene rings is 3. The molecule has 3 rings (SSSR count). The van der Waals surface area contributed by atoms with Gasteiger partial charge in [-0.3, -0.25) is 4.79 Å². The van der Waals surface area contributed by atoms with Crippen molar-refractivity contribution in [3.8, 4) is 6.07 Å². The van der Waals surface area contributed by atoms with E-state index in [0.29, 0.717) is 17.3 Å². The van der Waals surface area contributed by atoms with Crippen LogP contribution < -0.4 is 10.6 Å². The number of alkyl halides is 3. The van der Waals surface area contributed by atoms with Crippen molar-refractivity contribution in [1.29, 1.82) is 5.26 Å². The van der Waals surface area contributed by atoms with Gasteiger partial charge in [0.2, 0.25) is 0 Å². The van der Waals surface area contributed by atoms with Gasteiger partial charge in [-0.1, -0.05) is 46.4 Å². The summed E-state index contributed by atoms with van der Waals surface area (Å²) in [5.74, 6) is -2.87. The van der Waals surface area contributed by atoms with Crippen LogP contribution in [0.1, 0.15) is 31.8 Å². The second-order valence-electron chi connectivity index (χ2n) is 6.84. The number of hydrogen-bond donors (Lipinski definition) is 3. The van der Waals surface area contributed by atoms with Crippen molar-refractivity contribution >= 4 is 75.3 Å². The van der Waals surface area contributed by atoms with Crippen molar-refractivity contribution in [2.45, 2.75) is 6.18 Å². The van der Waals surface area contributed by atoms with E-state index < -0.39 is 54.8 Å². The molecule has 0 atom stereocenters. The van der Waals surface area contributed by atoms with Crippen LogP contribution in [0.4, 0.5) is 30.2 Å². The summed E-state index contributed by atoms with van der Waals surface area (Å²) in [4.78, 5) is 24.8. The number of carboxylic acid groups (broad SMARTS) is 1. The number of nitriles is 1. The Balaban J connectivity index is 2.11. The van der Waals surface area contributed by atoms with E-state index >= 15 is 0 Å². The SMILES string of the molecule is N#Cc1ccc(Nc2ccc(C(F)(F)F)cc2NC(=O)c2c(Cl)c(Cl)c(Cl)c(Cl)c2C(=O)O)cc1. The standard InChI is InChI=1S/C22H10Cl4F3N3O3/c23-16-14(15(21(34)35)17(24)19(26)18(16)25)20(33)32-13-7-10(22(27,28)29)3-6-12(13)31-11-4-1-9(8-30)2-5-11/h1-7,31H,(H,32,33)(H,34,35). The first-order valence-corrected chi connectivity index (χ1v) is 10.7. The summed E-state index contributed by atoms with van der Waals surface area (Å²) in [6.07, 6.45) is -4.75. The van der Waals surface area contributed by atoms with Crippen LogP contribution in [0.3, 0.4) is 0 Å². The first-order chi connectivity index (χ1) is 16.3. The van der Waals surface area contributed by atoms with Crippen LogP contribution in [-0.2, 0) is 6.18 Å². The van der Waals surface area contributed by atoms with E-state index in [9.17, 15) is 27.9 Å². The second kappa shape index (κ2) is 10.2. The molecule has 3 aromatic carbocycles. The van der Waals surface area contributed by atoms with E-state index in [4.69, 9.17) is 51.7 Å². The first kappa shape index (κ1) is 26.4. The minimum atomic E-state index is -4.75. The van der Waals surface area contributed by atoms with Gasteiger partial charge in [0.25, 0.3) is 5.91 Å². The molecule has 1 amide bonds. The molecule has 0 aliphatic rings. The minimum absolute atomic E-state index is 0.0233. The van der Waals surface area contributed by atoms with Gasteiger partial charge in [0.1, 0.15) is 0 Å². The van der Waals surface area contributed by atoms with Gasteiger partial charge in [-0.15, -0.1) is 0 Å². The summed E-state index contributed by atoms with van der Waals surface area (Å²) in [6.45, 7) is 0. The Morgan fingerprint density at radius 2 is 1.43 bits per heavy atom. The molecule has 35 heavy (non-hydrogen) atoms. The van der Waals surface area contributed by atoms with Gasteiger partial charge in [-0.05, 0) is 42.5 Å².